The van der Waals surface area contributed by atoms with E-state index < -0.39 is 6.10 Å². The summed E-state index contributed by atoms with van der Waals surface area (Å²) in [5.41, 5.74) is 0.586. The predicted octanol–water partition coefficient (Wildman–Crippen LogP) is -0.310. The summed E-state index contributed by atoms with van der Waals surface area (Å²) in [6.45, 7) is -0.00119. The summed E-state index contributed by atoms with van der Waals surface area (Å²) in [6, 6.07) is 8.80. The van der Waals surface area contributed by atoms with Crippen molar-refractivity contribution < 1.29 is 14.3 Å². The highest BCUT2D eigenvalue weighted by Crippen LogP contribution is 2.33. The van der Waals surface area contributed by atoms with Crippen molar-refractivity contribution in [3.8, 4) is 11.8 Å². The van der Waals surface area contributed by atoms with E-state index in [1.807, 2.05) is 0 Å². The van der Waals surface area contributed by atoms with Gasteiger partial charge in [0.05, 0.1) is 12.2 Å². The fraction of sp³-hybridized carbons (Fsp3) is 0.267. The lowest BCUT2D eigenvalue weighted by atomic mass is 10.1. The van der Waals surface area contributed by atoms with Crippen molar-refractivity contribution in [1.82, 2.24) is 20.1 Å². The van der Waals surface area contributed by atoms with Crippen LogP contribution in [0.5, 0.6) is 5.75 Å². The van der Waals surface area contributed by atoms with Crippen LogP contribution in [0.25, 0.3) is 0 Å². The van der Waals surface area contributed by atoms with Crippen LogP contribution in [0.2, 0.25) is 0 Å². The van der Waals surface area contributed by atoms with Crippen LogP contribution in [0, 0.1) is 11.3 Å². The number of nitriles is 1. The van der Waals surface area contributed by atoms with E-state index >= 15 is 0 Å². The average molecular weight is 326 g/mol. The van der Waals surface area contributed by atoms with Crippen molar-refractivity contribution in [1.29, 1.82) is 5.26 Å². The number of hydrogen-bond donors (Lipinski definition) is 1. The van der Waals surface area contributed by atoms with Crippen LogP contribution in [-0.2, 0) is 16.1 Å². The third-order valence-electron chi connectivity index (χ3n) is 3.55. The third-order valence-corrected chi connectivity index (χ3v) is 3.55. The number of likely N-dealkylation sites (N-methyl/N-ethyl adjacent to an activating group) is 1. The number of hydrogen-bond acceptors (Lipinski definition) is 6. The molecular formula is C15H14N6O3. The van der Waals surface area contributed by atoms with Gasteiger partial charge >= 0.3 is 0 Å². The molecule has 1 aliphatic rings. The van der Waals surface area contributed by atoms with Gasteiger partial charge in [0.1, 0.15) is 24.7 Å². The van der Waals surface area contributed by atoms with Crippen LogP contribution >= 0.6 is 0 Å². The molecule has 0 fully saturated rings. The minimum Gasteiger partial charge on any atom is -0.477 e. The predicted molar refractivity (Wildman–Crippen MR) is 82.0 cm³/mol. The molecule has 9 heteroatoms. The SMILES string of the molecule is CNC(=O)C1CN(C(=O)Cn2cnc(C#N)n2)c2ccccc2O1. The van der Waals surface area contributed by atoms with Gasteiger partial charge < -0.3 is 15.0 Å². The van der Waals surface area contributed by atoms with E-state index in [0.29, 0.717) is 11.4 Å². The Morgan fingerprint density at radius 2 is 2.25 bits per heavy atom. The summed E-state index contributed by atoms with van der Waals surface area (Å²) in [5, 5.41) is 15.1. The summed E-state index contributed by atoms with van der Waals surface area (Å²) in [5.74, 6) is -0.140. The molecule has 1 unspecified atom stereocenters. The number of ether oxygens (including phenoxy) is 1. The van der Waals surface area contributed by atoms with E-state index in [1.165, 1.54) is 23.0 Å². The molecule has 122 valence electrons. The third kappa shape index (κ3) is 2.89. The number of carbonyl (C=O) groups excluding carboxylic acids is 2. The summed E-state index contributed by atoms with van der Waals surface area (Å²) in [4.78, 5) is 29.8. The number of aromatic nitrogens is 3. The molecule has 0 spiro atoms. The normalized spacial score (nSPS) is 15.8. The Balaban J connectivity index is 1.85. The van der Waals surface area contributed by atoms with Gasteiger partial charge in [0.2, 0.25) is 5.91 Å². The number of carbonyl (C=O) groups is 2. The number of anilines is 1. The first-order chi connectivity index (χ1) is 11.6. The zero-order valence-corrected chi connectivity index (χ0v) is 12.8. The van der Waals surface area contributed by atoms with E-state index in [4.69, 9.17) is 10.00 Å². The Morgan fingerprint density at radius 3 is 2.96 bits per heavy atom. The van der Waals surface area contributed by atoms with Gasteiger partial charge in [0.15, 0.2) is 6.10 Å². The molecule has 24 heavy (non-hydrogen) atoms. The van der Waals surface area contributed by atoms with Crippen molar-refractivity contribution in [2.75, 3.05) is 18.5 Å². The second-order valence-electron chi connectivity index (χ2n) is 5.07. The van der Waals surface area contributed by atoms with Gasteiger partial charge in [-0.1, -0.05) is 12.1 Å². The fourth-order valence-electron chi connectivity index (χ4n) is 2.41. The van der Waals surface area contributed by atoms with Crippen molar-refractivity contribution in [3.05, 3.63) is 36.4 Å². The lowest BCUT2D eigenvalue weighted by Crippen LogP contribution is -2.50. The van der Waals surface area contributed by atoms with Gasteiger partial charge in [-0.15, -0.1) is 5.10 Å². The molecule has 0 bridgehead atoms. The highest BCUT2D eigenvalue weighted by atomic mass is 16.5. The number of nitrogens with zero attached hydrogens (tertiary/aromatic N) is 5. The number of rotatable bonds is 3. The van der Waals surface area contributed by atoms with E-state index in [-0.39, 0.29) is 30.7 Å². The molecule has 1 aromatic carbocycles. The molecular weight excluding hydrogens is 312 g/mol. The van der Waals surface area contributed by atoms with Gasteiger partial charge in [0, 0.05) is 7.05 Å². The molecule has 2 aromatic rings. The maximum Gasteiger partial charge on any atom is 0.262 e. The van der Waals surface area contributed by atoms with Crippen LogP contribution < -0.4 is 15.0 Å². The van der Waals surface area contributed by atoms with E-state index in [0.717, 1.165) is 0 Å². The van der Waals surface area contributed by atoms with E-state index in [2.05, 4.69) is 15.4 Å². The lowest BCUT2D eigenvalue weighted by Gasteiger charge is -2.33. The number of amides is 2. The standard InChI is InChI=1S/C15H14N6O3/c1-17-15(23)12-7-21(10-4-2-3-5-11(10)24-12)14(22)8-20-9-18-13(6-16)19-20/h2-5,9,12H,7-8H2,1H3,(H,17,23). The van der Waals surface area contributed by atoms with Crippen molar-refractivity contribution in [2.45, 2.75) is 12.6 Å². The Labute approximate surface area is 137 Å². The Hall–Kier alpha value is -3.41. The van der Waals surface area contributed by atoms with Gasteiger partial charge in [-0.05, 0) is 12.1 Å². The minimum atomic E-state index is -0.792. The van der Waals surface area contributed by atoms with Crippen LogP contribution in [0.1, 0.15) is 5.82 Å². The monoisotopic (exact) mass is 326 g/mol. The molecule has 9 nitrogen and oxygen atoms in total. The molecule has 0 aliphatic carbocycles. The van der Waals surface area contributed by atoms with Crippen molar-refractivity contribution in [2.24, 2.45) is 0 Å². The largest absolute Gasteiger partial charge is 0.477 e. The molecule has 0 radical (unpaired) electrons. The molecule has 2 heterocycles. The summed E-state index contributed by atoms with van der Waals surface area (Å²) in [6.07, 6.45) is 0.526. The molecule has 3 rings (SSSR count). The summed E-state index contributed by atoms with van der Waals surface area (Å²) >= 11 is 0. The maximum atomic E-state index is 12.7. The molecule has 2 amide bonds. The van der Waals surface area contributed by atoms with Gasteiger partial charge in [-0.25, -0.2) is 9.67 Å². The molecule has 1 atom stereocenters. The molecule has 0 saturated carbocycles. The lowest BCUT2D eigenvalue weighted by molar-refractivity contribution is -0.128. The van der Waals surface area contributed by atoms with Crippen LogP contribution in [-0.4, -0.2) is 46.3 Å². The second-order valence-corrected chi connectivity index (χ2v) is 5.07. The second kappa shape index (κ2) is 6.37. The first kappa shape index (κ1) is 15.5. The highest BCUT2D eigenvalue weighted by Gasteiger charge is 2.33. The fourth-order valence-corrected chi connectivity index (χ4v) is 2.41. The van der Waals surface area contributed by atoms with Crippen LogP contribution in [0.3, 0.4) is 0 Å². The van der Waals surface area contributed by atoms with Crippen LogP contribution in [0.4, 0.5) is 5.69 Å². The number of benzene rings is 1. The first-order valence-electron chi connectivity index (χ1n) is 7.19. The van der Waals surface area contributed by atoms with Crippen LogP contribution in [0.15, 0.2) is 30.6 Å². The Bertz CT molecular complexity index is 825. The molecule has 1 aliphatic heterocycles. The van der Waals surface area contributed by atoms with E-state index in [1.54, 1.807) is 30.3 Å². The smallest absolute Gasteiger partial charge is 0.262 e. The Morgan fingerprint density at radius 1 is 1.46 bits per heavy atom. The minimum absolute atomic E-state index is 0.00610. The molecule has 1 aromatic heterocycles. The topological polar surface area (TPSA) is 113 Å². The van der Waals surface area contributed by atoms with Crippen molar-refractivity contribution >= 4 is 17.5 Å². The highest BCUT2D eigenvalue weighted by molar-refractivity contribution is 5.97. The summed E-state index contributed by atoms with van der Waals surface area (Å²) < 4.78 is 6.94. The molecule has 1 N–H and O–H groups in total. The number of nitrogens with one attached hydrogen (secondary N) is 1. The average Bonchev–Trinajstić information content (AvgIpc) is 3.07. The van der Waals surface area contributed by atoms with Gasteiger partial charge in [-0.2, -0.15) is 5.26 Å². The molecule has 0 saturated heterocycles. The maximum absolute atomic E-state index is 12.7. The Kier molecular flexibility index (Phi) is 4.11. The zero-order valence-electron chi connectivity index (χ0n) is 12.8. The number of fused-ring (bicyclic) bond motifs is 1. The first-order valence-corrected chi connectivity index (χ1v) is 7.19. The zero-order chi connectivity index (χ0) is 17.1. The van der Waals surface area contributed by atoms with Crippen molar-refractivity contribution in [3.63, 3.8) is 0 Å². The van der Waals surface area contributed by atoms with E-state index in [9.17, 15) is 9.59 Å². The van der Waals surface area contributed by atoms with Gasteiger partial charge in [0.25, 0.3) is 11.7 Å². The van der Waals surface area contributed by atoms with Gasteiger partial charge in [-0.3, -0.25) is 9.59 Å². The summed E-state index contributed by atoms with van der Waals surface area (Å²) in [7, 11) is 1.51. The number of para-hydroxylation sites is 2. The quantitative estimate of drug-likeness (QED) is 0.828.